The van der Waals surface area contributed by atoms with Crippen LogP contribution in [0.3, 0.4) is 0 Å². The van der Waals surface area contributed by atoms with E-state index in [2.05, 4.69) is 24.1 Å². The molecule has 1 aromatic rings. The van der Waals surface area contributed by atoms with Crippen molar-refractivity contribution in [3.8, 4) is 0 Å². The molecule has 0 saturated carbocycles. The molecule has 3 rings (SSSR count). The zero-order valence-corrected chi connectivity index (χ0v) is 13.3. The zero-order chi connectivity index (χ0) is 15.7. The Bertz CT molecular complexity index is 587. The second-order valence-electron chi connectivity index (χ2n) is 6.18. The smallest absolute Gasteiger partial charge is 0.245 e. The maximum Gasteiger partial charge on any atom is 0.245 e. The topological polar surface area (TPSA) is 43.9 Å². The number of likely N-dealkylation sites (N-methyl/N-ethyl adjacent to an activating group) is 1. The Balaban J connectivity index is 1.81. The van der Waals surface area contributed by atoms with Crippen LogP contribution in [0.15, 0.2) is 24.3 Å². The molecule has 1 atom stereocenters. The first kappa shape index (κ1) is 14.9. The van der Waals surface area contributed by atoms with Crippen molar-refractivity contribution in [2.75, 3.05) is 31.6 Å². The molecule has 2 amide bonds. The lowest BCUT2D eigenvalue weighted by atomic mass is 10.1. The van der Waals surface area contributed by atoms with Crippen molar-refractivity contribution in [3.63, 3.8) is 0 Å². The van der Waals surface area contributed by atoms with Gasteiger partial charge in [-0.1, -0.05) is 18.2 Å². The molecule has 0 radical (unpaired) electrons. The van der Waals surface area contributed by atoms with Crippen LogP contribution in [0.5, 0.6) is 0 Å². The van der Waals surface area contributed by atoms with Gasteiger partial charge in [0.1, 0.15) is 6.04 Å². The third-order valence-electron chi connectivity index (χ3n) is 4.72. The summed E-state index contributed by atoms with van der Waals surface area (Å²) in [6, 6.07) is 7.95. The van der Waals surface area contributed by atoms with Crippen molar-refractivity contribution in [2.24, 2.45) is 0 Å². The number of benzene rings is 1. The van der Waals surface area contributed by atoms with Gasteiger partial charge in [-0.15, -0.1) is 0 Å². The van der Waals surface area contributed by atoms with Crippen LogP contribution >= 0.6 is 0 Å². The highest BCUT2D eigenvalue weighted by atomic mass is 16.2. The van der Waals surface area contributed by atoms with Crippen LogP contribution in [-0.2, 0) is 16.1 Å². The SMILES string of the molecule is CC(=O)N1CCC[C@@H]1C(=O)N1CCN(C)c2ccccc2C1. The first-order valence-corrected chi connectivity index (χ1v) is 7.93. The van der Waals surface area contributed by atoms with E-state index in [4.69, 9.17) is 0 Å². The summed E-state index contributed by atoms with van der Waals surface area (Å²) < 4.78 is 0. The number of hydrogen-bond donors (Lipinski definition) is 0. The molecule has 5 nitrogen and oxygen atoms in total. The second-order valence-corrected chi connectivity index (χ2v) is 6.18. The summed E-state index contributed by atoms with van der Waals surface area (Å²) in [5.74, 6) is 0.0981. The minimum Gasteiger partial charge on any atom is -0.373 e. The number of carbonyl (C=O) groups is 2. The van der Waals surface area contributed by atoms with Gasteiger partial charge in [-0.05, 0) is 24.5 Å². The van der Waals surface area contributed by atoms with E-state index in [9.17, 15) is 9.59 Å². The lowest BCUT2D eigenvalue weighted by Crippen LogP contribution is -2.47. The number of fused-ring (bicyclic) bond motifs is 1. The van der Waals surface area contributed by atoms with E-state index >= 15 is 0 Å². The molecular weight excluding hydrogens is 278 g/mol. The molecule has 1 aromatic carbocycles. The van der Waals surface area contributed by atoms with Crippen molar-refractivity contribution in [1.82, 2.24) is 9.80 Å². The fraction of sp³-hybridized carbons (Fsp3) is 0.529. The third-order valence-corrected chi connectivity index (χ3v) is 4.72. The fourth-order valence-corrected chi connectivity index (χ4v) is 3.49. The van der Waals surface area contributed by atoms with Crippen LogP contribution < -0.4 is 4.90 Å². The molecule has 0 aliphatic carbocycles. The van der Waals surface area contributed by atoms with E-state index in [-0.39, 0.29) is 17.9 Å². The van der Waals surface area contributed by atoms with Crippen LogP contribution in [0, 0.1) is 0 Å². The molecular formula is C17H23N3O2. The summed E-state index contributed by atoms with van der Waals surface area (Å²) in [7, 11) is 2.06. The van der Waals surface area contributed by atoms with Crippen molar-refractivity contribution in [1.29, 1.82) is 0 Å². The van der Waals surface area contributed by atoms with Gasteiger partial charge >= 0.3 is 0 Å². The third kappa shape index (κ3) is 2.67. The van der Waals surface area contributed by atoms with E-state index < -0.39 is 0 Å². The molecule has 2 aliphatic rings. The van der Waals surface area contributed by atoms with Gasteiger partial charge in [0, 0.05) is 45.8 Å². The largest absolute Gasteiger partial charge is 0.373 e. The number of rotatable bonds is 1. The Labute approximate surface area is 131 Å². The lowest BCUT2D eigenvalue weighted by Gasteiger charge is -2.29. The molecule has 22 heavy (non-hydrogen) atoms. The number of hydrogen-bond acceptors (Lipinski definition) is 3. The highest BCUT2D eigenvalue weighted by Gasteiger charge is 2.35. The highest BCUT2D eigenvalue weighted by molar-refractivity contribution is 5.87. The fourth-order valence-electron chi connectivity index (χ4n) is 3.49. The molecule has 1 fully saturated rings. The van der Waals surface area contributed by atoms with Crippen molar-refractivity contribution in [2.45, 2.75) is 32.4 Å². The van der Waals surface area contributed by atoms with Crippen LogP contribution in [0.2, 0.25) is 0 Å². The Morgan fingerprint density at radius 2 is 1.91 bits per heavy atom. The lowest BCUT2D eigenvalue weighted by molar-refractivity contribution is -0.143. The molecule has 0 N–H and O–H groups in total. The molecule has 0 spiro atoms. The number of carbonyl (C=O) groups excluding carboxylic acids is 2. The first-order valence-electron chi connectivity index (χ1n) is 7.93. The van der Waals surface area contributed by atoms with Gasteiger partial charge < -0.3 is 14.7 Å². The van der Waals surface area contributed by atoms with Gasteiger partial charge in [-0.3, -0.25) is 9.59 Å². The summed E-state index contributed by atoms with van der Waals surface area (Å²) in [5.41, 5.74) is 2.36. The monoisotopic (exact) mass is 301 g/mol. The van der Waals surface area contributed by atoms with E-state index in [0.717, 1.165) is 19.4 Å². The maximum atomic E-state index is 12.9. The summed E-state index contributed by atoms with van der Waals surface area (Å²) in [4.78, 5) is 30.4. The average Bonchev–Trinajstić information content (AvgIpc) is 2.94. The molecule has 2 aliphatic heterocycles. The maximum absolute atomic E-state index is 12.9. The first-order chi connectivity index (χ1) is 10.6. The number of likely N-dealkylation sites (tertiary alicyclic amines) is 1. The molecule has 0 unspecified atom stereocenters. The van der Waals surface area contributed by atoms with Gasteiger partial charge in [0.25, 0.3) is 0 Å². The Kier molecular flexibility index (Phi) is 4.05. The normalized spacial score (nSPS) is 21.5. The van der Waals surface area contributed by atoms with Crippen LogP contribution in [0.1, 0.15) is 25.3 Å². The van der Waals surface area contributed by atoms with E-state index in [1.807, 2.05) is 17.0 Å². The van der Waals surface area contributed by atoms with Crippen LogP contribution in [0.4, 0.5) is 5.69 Å². The Morgan fingerprint density at radius 3 is 2.68 bits per heavy atom. The predicted octanol–water partition coefficient (Wildman–Crippen LogP) is 1.48. The number of nitrogens with zero attached hydrogens (tertiary/aromatic N) is 3. The molecule has 5 heteroatoms. The quantitative estimate of drug-likeness (QED) is 0.789. The molecule has 118 valence electrons. The highest BCUT2D eigenvalue weighted by Crippen LogP contribution is 2.26. The van der Waals surface area contributed by atoms with Crippen LogP contribution in [0.25, 0.3) is 0 Å². The van der Waals surface area contributed by atoms with Gasteiger partial charge in [0.2, 0.25) is 11.8 Å². The minimum absolute atomic E-state index is 0.00295. The van der Waals surface area contributed by atoms with Gasteiger partial charge in [-0.25, -0.2) is 0 Å². The molecule has 0 aromatic heterocycles. The molecule has 1 saturated heterocycles. The van der Waals surface area contributed by atoms with Gasteiger partial charge in [0.15, 0.2) is 0 Å². The summed E-state index contributed by atoms with van der Waals surface area (Å²) in [6.45, 7) is 4.40. The predicted molar refractivity (Wildman–Crippen MR) is 85.5 cm³/mol. The molecule has 0 bridgehead atoms. The van der Waals surface area contributed by atoms with Crippen molar-refractivity contribution >= 4 is 17.5 Å². The van der Waals surface area contributed by atoms with Gasteiger partial charge in [0.05, 0.1) is 0 Å². The van der Waals surface area contributed by atoms with Crippen LogP contribution in [-0.4, -0.2) is 54.3 Å². The van der Waals surface area contributed by atoms with Gasteiger partial charge in [-0.2, -0.15) is 0 Å². The Morgan fingerprint density at radius 1 is 1.14 bits per heavy atom. The average molecular weight is 301 g/mol. The standard InChI is InChI=1S/C17H23N3O2/c1-13(21)20-9-5-8-16(20)17(22)19-11-10-18(2)15-7-4-3-6-14(15)12-19/h3-4,6-7,16H,5,8-12H2,1-2H3/t16-/m1/s1. The van der Waals surface area contributed by atoms with E-state index in [0.29, 0.717) is 19.6 Å². The summed E-state index contributed by atoms with van der Waals surface area (Å²) in [5, 5.41) is 0. The number of anilines is 1. The van der Waals surface area contributed by atoms with E-state index in [1.54, 1.807) is 11.8 Å². The van der Waals surface area contributed by atoms with Crippen molar-refractivity contribution < 1.29 is 9.59 Å². The second kappa shape index (κ2) is 5.99. The van der Waals surface area contributed by atoms with Crippen molar-refractivity contribution in [3.05, 3.63) is 29.8 Å². The summed E-state index contributed by atoms with van der Waals surface area (Å²) >= 11 is 0. The summed E-state index contributed by atoms with van der Waals surface area (Å²) in [6.07, 6.45) is 1.70. The zero-order valence-electron chi connectivity index (χ0n) is 13.3. The number of amides is 2. The van der Waals surface area contributed by atoms with E-state index in [1.165, 1.54) is 11.3 Å². The minimum atomic E-state index is -0.270. The molecule has 2 heterocycles. The Hall–Kier alpha value is -2.04. The number of para-hydroxylation sites is 1.